The lowest BCUT2D eigenvalue weighted by atomic mass is 10.1. The minimum Gasteiger partial charge on any atom is -0.490 e. The Kier molecular flexibility index (Phi) is 5.38. The van der Waals surface area contributed by atoms with E-state index in [1.807, 2.05) is 12.1 Å². The topological polar surface area (TPSA) is 61.8 Å². The van der Waals surface area contributed by atoms with Crippen LogP contribution in [0.25, 0.3) is 0 Å². The van der Waals surface area contributed by atoms with Gasteiger partial charge in [-0.1, -0.05) is 0 Å². The third-order valence-electron chi connectivity index (χ3n) is 3.48. The Morgan fingerprint density at radius 3 is 2.60 bits per heavy atom. The maximum Gasteiger partial charge on any atom is 0.251 e. The van der Waals surface area contributed by atoms with Crippen molar-refractivity contribution in [1.82, 2.24) is 10.2 Å². The molecular formula is C15H22N2O3. The number of benzene rings is 1. The quantitative estimate of drug-likeness (QED) is 0.839. The molecule has 1 amide bonds. The molecule has 2 rings (SSSR count). The second-order valence-electron chi connectivity index (χ2n) is 5.12. The lowest BCUT2D eigenvalue weighted by molar-refractivity contribution is 0.0944. The number of likely N-dealkylation sites (tertiary alicyclic amines) is 1. The van der Waals surface area contributed by atoms with Gasteiger partial charge in [-0.05, 0) is 44.2 Å². The van der Waals surface area contributed by atoms with E-state index in [0.29, 0.717) is 5.56 Å². The zero-order valence-corrected chi connectivity index (χ0v) is 11.8. The van der Waals surface area contributed by atoms with Crippen molar-refractivity contribution in [3.05, 3.63) is 29.8 Å². The summed E-state index contributed by atoms with van der Waals surface area (Å²) < 4.78 is 5.92. The van der Waals surface area contributed by atoms with E-state index in [4.69, 9.17) is 9.84 Å². The van der Waals surface area contributed by atoms with Gasteiger partial charge in [0.1, 0.15) is 11.9 Å². The summed E-state index contributed by atoms with van der Waals surface area (Å²) in [4.78, 5) is 14.0. The van der Waals surface area contributed by atoms with E-state index in [1.165, 1.54) is 0 Å². The van der Waals surface area contributed by atoms with Gasteiger partial charge in [0.05, 0.1) is 6.61 Å². The van der Waals surface area contributed by atoms with Crippen LogP contribution in [0.2, 0.25) is 0 Å². The fourth-order valence-corrected chi connectivity index (χ4v) is 2.25. The molecule has 0 radical (unpaired) electrons. The summed E-state index contributed by atoms with van der Waals surface area (Å²) in [7, 11) is 2.12. The number of carbonyl (C=O) groups excluding carboxylic acids is 1. The number of hydrogen-bond acceptors (Lipinski definition) is 4. The van der Waals surface area contributed by atoms with E-state index in [-0.39, 0.29) is 25.2 Å². The first-order valence-corrected chi connectivity index (χ1v) is 7.03. The summed E-state index contributed by atoms with van der Waals surface area (Å²) in [5, 5.41) is 11.3. The second-order valence-corrected chi connectivity index (χ2v) is 5.12. The standard InChI is InChI=1S/C15H22N2O3/c1-17-9-6-14(7-10-17)20-13-4-2-12(3-5-13)15(19)16-8-11-18/h2-5,14,18H,6-11H2,1H3,(H,16,19). The first-order valence-electron chi connectivity index (χ1n) is 7.03. The van der Waals surface area contributed by atoms with Crippen LogP contribution in [0.3, 0.4) is 0 Å². The highest BCUT2D eigenvalue weighted by atomic mass is 16.5. The molecule has 1 fully saturated rings. The number of aliphatic hydroxyl groups is 1. The number of amides is 1. The number of ether oxygens (including phenoxy) is 1. The van der Waals surface area contributed by atoms with E-state index in [2.05, 4.69) is 17.3 Å². The highest BCUT2D eigenvalue weighted by Crippen LogP contribution is 2.19. The first-order chi connectivity index (χ1) is 9.69. The number of hydrogen-bond donors (Lipinski definition) is 2. The third kappa shape index (κ3) is 4.21. The predicted octanol–water partition coefficient (Wildman–Crippen LogP) is 0.882. The van der Waals surface area contributed by atoms with Crippen molar-refractivity contribution in [2.45, 2.75) is 18.9 Å². The number of nitrogens with one attached hydrogen (secondary N) is 1. The lowest BCUT2D eigenvalue weighted by Gasteiger charge is -2.29. The molecule has 1 aromatic rings. The molecule has 0 aliphatic carbocycles. The van der Waals surface area contributed by atoms with E-state index in [9.17, 15) is 4.79 Å². The average Bonchev–Trinajstić information content (AvgIpc) is 2.48. The number of nitrogens with zero attached hydrogens (tertiary/aromatic N) is 1. The van der Waals surface area contributed by atoms with Crippen molar-refractivity contribution in [1.29, 1.82) is 0 Å². The molecule has 20 heavy (non-hydrogen) atoms. The van der Waals surface area contributed by atoms with Gasteiger partial charge in [-0.15, -0.1) is 0 Å². The predicted molar refractivity (Wildman–Crippen MR) is 77.0 cm³/mol. The second kappa shape index (κ2) is 7.26. The Morgan fingerprint density at radius 1 is 1.35 bits per heavy atom. The maximum atomic E-state index is 11.7. The van der Waals surface area contributed by atoms with Gasteiger partial charge < -0.3 is 20.1 Å². The maximum absolute atomic E-state index is 11.7. The van der Waals surface area contributed by atoms with E-state index in [0.717, 1.165) is 31.7 Å². The summed E-state index contributed by atoms with van der Waals surface area (Å²) in [6, 6.07) is 7.15. The SMILES string of the molecule is CN1CCC(Oc2ccc(C(=O)NCCO)cc2)CC1. The molecule has 5 heteroatoms. The third-order valence-corrected chi connectivity index (χ3v) is 3.48. The van der Waals surface area contributed by atoms with Crippen molar-refractivity contribution in [2.75, 3.05) is 33.3 Å². The smallest absolute Gasteiger partial charge is 0.251 e. The van der Waals surface area contributed by atoms with Gasteiger partial charge in [0, 0.05) is 25.2 Å². The molecule has 0 bridgehead atoms. The normalized spacial score (nSPS) is 16.9. The number of rotatable bonds is 5. The average molecular weight is 278 g/mol. The molecule has 0 spiro atoms. The van der Waals surface area contributed by atoms with Crippen molar-refractivity contribution in [3.8, 4) is 5.75 Å². The highest BCUT2D eigenvalue weighted by Gasteiger charge is 2.18. The van der Waals surface area contributed by atoms with Crippen molar-refractivity contribution in [2.24, 2.45) is 0 Å². The molecule has 1 saturated heterocycles. The summed E-state index contributed by atoms with van der Waals surface area (Å²) in [5.74, 6) is 0.628. The molecule has 0 saturated carbocycles. The Balaban J connectivity index is 1.86. The summed E-state index contributed by atoms with van der Waals surface area (Å²) >= 11 is 0. The lowest BCUT2D eigenvalue weighted by Crippen LogP contribution is -2.35. The van der Waals surface area contributed by atoms with E-state index >= 15 is 0 Å². The van der Waals surface area contributed by atoms with Crippen molar-refractivity contribution in [3.63, 3.8) is 0 Å². The fraction of sp³-hybridized carbons (Fsp3) is 0.533. The van der Waals surface area contributed by atoms with E-state index in [1.54, 1.807) is 12.1 Å². The fourth-order valence-electron chi connectivity index (χ4n) is 2.25. The van der Waals surface area contributed by atoms with Crippen LogP contribution in [-0.4, -0.2) is 55.3 Å². The summed E-state index contributed by atoms with van der Waals surface area (Å²) in [6.45, 7) is 2.34. The Morgan fingerprint density at radius 2 is 2.00 bits per heavy atom. The molecule has 0 aromatic heterocycles. The van der Waals surface area contributed by atoms with Gasteiger partial charge in [-0.25, -0.2) is 0 Å². The first kappa shape index (κ1) is 14.8. The molecule has 1 aliphatic rings. The van der Waals surface area contributed by atoms with Crippen LogP contribution in [0.15, 0.2) is 24.3 Å². The van der Waals surface area contributed by atoms with Gasteiger partial charge in [0.2, 0.25) is 0 Å². The van der Waals surface area contributed by atoms with E-state index < -0.39 is 0 Å². The molecule has 110 valence electrons. The molecule has 1 aliphatic heterocycles. The zero-order valence-electron chi connectivity index (χ0n) is 11.8. The van der Waals surface area contributed by atoms with Crippen molar-refractivity contribution >= 4 is 5.91 Å². The number of carbonyl (C=O) groups is 1. The van der Waals surface area contributed by atoms with Crippen LogP contribution in [0, 0.1) is 0 Å². The van der Waals surface area contributed by atoms with Gasteiger partial charge >= 0.3 is 0 Å². The van der Waals surface area contributed by atoms with Crippen LogP contribution in [-0.2, 0) is 0 Å². The molecular weight excluding hydrogens is 256 g/mol. The highest BCUT2D eigenvalue weighted by molar-refractivity contribution is 5.94. The molecule has 0 unspecified atom stereocenters. The van der Waals surface area contributed by atoms with Gasteiger partial charge in [0.15, 0.2) is 0 Å². The molecule has 5 nitrogen and oxygen atoms in total. The van der Waals surface area contributed by atoms with Crippen LogP contribution in [0.5, 0.6) is 5.75 Å². The van der Waals surface area contributed by atoms with Crippen LogP contribution in [0.4, 0.5) is 0 Å². The van der Waals surface area contributed by atoms with Crippen LogP contribution in [0.1, 0.15) is 23.2 Å². The van der Waals surface area contributed by atoms with Crippen LogP contribution >= 0.6 is 0 Å². The summed E-state index contributed by atoms with van der Waals surface area (Å²) in [5.41, 5.74) is 0.578. The molecule has 2 N–H and O–H groups in total. The largest absolute Gasteiger partial charge is 0.490 e. The van der Waals surface area contributed by atoms with Gasteiger partial charge in [0.25, 0.3) is 5.91 Å². The van der Waals surface area contributed by atoms with Gasteiger partial charge in [-0.3, -0.25) is 4.79 Å². The van der Waals surface area contributed by atoms with Crippen molar-refractivity contribution < 1.29 is 14.6 Å². The summed E-state index contributed by atoms with van der Waals surface area (Å²) in [6.07, 6.45) is 2.34. The molecule has 1 heterocycles. The Labute approximate surface area is 119 Å². The Bertz CT molecular complexity index is 425. The van der Waals surface area contributed by atoms with Crippen LogP contribution < -0.4 is 10.1 Å². The minimum absolute atomic E-state index is 0.0525. The Hall–Kier alpha value is -1.59. The zero-order chi connectivity index (χ0) is 14.4. The molecule has 1 aromatic carbocycles. The van der Waals surface area contributed by atoms with Gasteiger partial charge in [-0.2, -0.15) is 0 Å². The minimum atomic E-state index is -0.176. The number of piperidine rings is 1. The monoisotopic (exact) mass is 278 g/mol. The number of aliphatic hydroxyl groups excluding tert-OH is 1. The molecule has 0 atom stereocenters.